The van der Waals surface area contributed by atoms with Crippen LogP contribution >= 0.6 is 11.3 Å². The van der Waals surface area contributed by atoms with E-state index in [4.69, 9.17) is 5.73 Å². The molecule has 2 N–H and O–H groups in total. The van der Waals surface area contributed by atoms with Crippen LogP contribution < -0.4 is 5.73 Å². The van der Waals surface area contributed by atoms with E-state index < -0.39 is 0 Å². The standard InChI is InChI=1S/C18H23NS/c1-13-6-5-7-14(10-13)11-16(19)18-12-15-8-3-2-4-9-17(15)20-18/h5-7,10,12,16H,2-4,8-9,11,19H2,1H3. The van der Waals surface area contributed by atoms with Gasteiger partial charge in [-0.1, -0.05) is 36.2 Å². The Morgan fingerprint density at radius 3 is 2.85 bits per heavy atom. The van der Waals surface area contributed by atoms with Crippen LogP contribution in [0.5, 0.6) is 0 Å². The van der Waals surface area contributed by atoms with Gasteiger partial charge in [0.2, 0.25) is 0 Å². The fourth-order valence-corrected chi connectivity index (χ4v) is 4.33. The van der Waals surface area contributed by atoms with E-state index in [-0.39, 0.29) is 6.04 Å². The van der Waals surface area contributed by atoms with Gasteiger partial charge in [-0.3, -0.25) is 0 Å². The van der Waals surface area contributed by atoms with E-state index in [1.807, 2.05) is 11.3 Å². The highest BCUT2D eigenvalue weighted by molar-refractivity contribution is 7.12. The molecule has 2 aromatic rings. The van der Waals surface area contributed by atoms with Crippen molar-refractivity contribution in [2.45, 2.75) is 51.5 Å². The third-order valence-electron chi connectivity index (χ3n) is 4.17. The summed E-state index contributed by atoms with van der Waals surface area (Å²) in [4.78, 5) is 2.97. The van der Waals surface area contributed by atoms with Crippen LogP contribution in [0.1, 0.15) is 51.7 Å². The average Bonchev–Trinajstić information content (AvgIpc) is 2.70. The van der Waals surface area contributed by atoms with Crippen LogP contribution in [0.15, 0.2) is 30.3 Å². The minimum atomic E-state index is 0.147. The summed E-state index contributed by atoms with van der Waals surface area (Å²) in [6, 6.07) is 11.2. The van der Waals surface area contributed by atoms with Crippen molar-refractivity contribution in [3.05, 3.63) is 56.8 Å². The predicted octanol–water partition coefficient (Wildman–Crippen LogP) is 4.57. The van der Waals surface area contributed by atoms with Gasteiger partial charge in [-0.15, -0.1) is 11.3 Å². The molecule has 0 amide bonds. The Hall–Kier alpha value is -1.12. The summed E-state index contributed by atoms with van der Waals surface area (Å²) in [5, 5.41) is 0. The van der Waals surface area contributed by atoms with Crippen molar-refractivity contribution >= 4 is 11.3 Å². The van der Waals surface area contributed by atoms with Gasteiger partial charge in [-0.05, 0) is 56.2 Å². The van der Waals surface area contributed by atoms with Crippen LogP contribution in [0.4, 0.5) is 0 Å². The van der Waals surface area contributed by atoms with Gasteiger partial charge in [-0.25, -0.2) is 0 Å². The third-order valence-corrected chi connectivity index (χ3v) is 5.54. The third kappa shape index (κ3) is 3.13. The molecule has 1 aliphatic carbocycles. The van der Waals surface area contributed by atoms with Crippen LogP contribution in [0.3, 0.4) is 0 Å². The molecule has 1 unspecified atom stereocenters. The Morgan fingerprint density at radius 2 is 2.00 bits per heavy atom. The molecule has 0 saturated carbocycles. The lowest BCUT2D eigenvalue weighted by Crippen LogP contribution is -2.11. The normalized spacial score (nSPS) is 16.5. The number of hydrogen-bond acceptors (Lipinski definition) is 2. The molecule has 1 aromatic carbocycles. The summed E-state index contributed by atoms with van der Waals surface area (Å²) in [5.74, 6) is 0. The number of benzene rings is 1. The highest BCUT2D eigenvalue weighted by atomic mass is 32.1. The molecule has 0 saturated heterocycles. The van der Waals surface area contributed by atoms with E-state index in [9.17, 15) is 0 Å². The van der Waals surface area contributed by atoms with Crippen molar-refractivity contribution < 1.29 is 0 Å². The highest BCUT2D eigenvalue weighted by Crippen LogP contribution is 2.32. The molecule has 1 atom stereocenters. The van der Waals surface area contributed by atoms with E-state index in [1.54, 1.807) is 10.4 Å². The smallest absolute Gasteiger partial charge is 0.0430 e. The molecular weight excluding hydrogens is 262 g/mol. The van der Waals surface area contributed by atoms with Crippen molar-refractivity contribution in [1.29, 1.82) is 0 Å². The zero-order valence-corrected chi connectivity index (χ0v) is 13.0. The van der Waals surface area contributed by atoms with Crippen LogP contribution in [-0.2, 0) is 19.3 Å². The summed E-state index contributed by atoms with van der Waals surface area (Å²) >= 11 is 1.96. The molecule has 1 heterocycles. The second-order valence-corrected chi connectivity index (χ2v) is 7.13. The minimum absolute atomic E-state index is 0.147. The van der Waals surface area contributed by atoms with Crippen molar-refractivity contribution in [3.63, 3.8) is 0 Å². The monoisotopic (exact) mass is 285 g/mol. The van der Waals surface area contributed by atoms with Crippen molar-refractivity contribution in [2.75, 3.05) is 0 Å². The van der Waals surface area contributed by atoms with E-state index in [2.05, 4.69) is 37.3 Å². The Labute approximate surface area is 125 Å². The molecule has 20 heavy (non-hydrogen) atoms. The fourth-order valence-electron chi connectivity index (χ4n) is 3.07. The molecule has 0 radical (unpaired) electrons. The first-order chi connectivity index (χ1) is 9.72. The summed E-state index contributed by atoms with van der Waals surface area (Å²) in [5.41, 5.74) is 10.7. The van der Waals surface area contributed by atoms with Crippen LogP contribution in [-0.4, -0.2) is 0 Å². The molecule has 2 heteroatoms. The van der Waals surface area contributed by atoms with Crippen molar-refractivity contribution in [3.8, 4) is 0 Å². The van der Waals surface area contributed by atoms with Crippen LogP contribution in [0.2, 0.25) is 0 Å². The van der Waals surface area contributed by atoms with Gasteiger partial charge in [0.05, 0.1) is 0 Å². The fraction of sp³-hybridized carbons (Fsp3) is 0.444. The van der Waals surface area contributed by atoms with E-state index >= 15 is 0 Å². The molecule has 1 aliphatic rings. The van der Waals surface area contributed by atoms with Gasteiger partial charge in [0.15, 0.2) is 0 Å². The molecular formula is C18H23NS. The lowest BCUT2D eigenvalue weighted by atomic mass is 10.0. The highest BCUT2D eigenvalue weighted by Gasteiger charge is 2.16. The Kier molecular flexibility index (Phi) is 4.23. The Bertz CT molecular complexity index is 561. The van der Waals surface area contributed by atoms with E-state index in [0.717, 1.165) is 6.42 Å². The lowest BCUT2D eigenvalue weighted by Gasteiger charge is -2.10. The molecule has 1 aromatic heterocycles. The number of aryl methyl sites for hydroxylation is 3. The quantitative estimate of drug-likeness (QED) is 0.821. The van der Waals surface area contributed by atoms with Gasteiger partial charge < -0.3 is 5.73 Å². The maximum Gasteiger partial charge on any atom is 0.0430 e. The summed E-state index contributed by atoms with van der Waals surface area (Å²) in [7, 11) is 0. The van der Waals surface area contributed by atoms with E-state index in [0.29, 0.717) is 0 Å². The lowest BCUT2D eigenvalue weighted by molar-refractivity contribution is 0.709. The second kappa shape index (κ2) is 6.11. The van der Waals surface area contributed by atoms with Gasteiger partial charge in [0, 0.05) is 15.8 Å². The van der Waals surface area contributed by atoms with Gasteiger partial charge in [-0.2, -0.15) is 0 Å². The molecule has 0 aliphatic heterocycles. The predicted molar refractivity (Wildman–Crippen MR) is 87.4 cm³/mol. The average molecular weight is 285 g/mol. The molecule has 106 valence electrons. The SMILES string of the molecule is Cc1cccc(CC(N)c2cc3c(s2)CCCCC3)c1. The number of thiophene rings is 1. The largest absolute Gasteiger partial charge is 0.323 e. The number of rotatable bonds is 3. The first kappa shape index (κ1) is 13.8. The van der Waals surface area contributed by atoms with E-state index in [1.165, 1.54) is 48.1 Å². The number of hydrogen-bond donors (Lipinski definition) is 1. The summed E-state index contributed by atoms with van der Waals surface area (Å²) in [6.45, 7) is 2.14. The number of fused-ring (bicyclic) bond motifs is 1. The minimum Gasteiger partial charge on any atom is -0.323 e. The second-order valence-electron chi connectivity index (χ2n) is 5.96. The molecule has 0 fully saturated rings. The first-order valence-electron chi connectivity index (χ1n) is 7.65. The van der Waals surface area contributed by atoms with Gasteiger partial charge in [0.25, 0.3) is 0 Å². The summed E-state index contributed by atoms with van der Waals surface area (Å²) < 4.78 is 0. The molecule has 1 nitrogen and oxygen atoms in total. The van der Waals surface area contributed by atoms with Crippen molar-refractivity contribution in [2.24, 2.45) is 5.73 Å². The van der Waals surface area contributed by atoms with Crippen molar-refractivity contribution in [1.82, 2.24) is 0 Å². The van der Waals surface area contributed by atoms with Gasteiger partial charge >= 0.3 is 0 Å². The maximum atomic E-state index is 6.44. The van der Waals surface area contributed by atoms with Gasteiger partial charge in [0.1, 0.15) is 0 Å². The van der Waals surface area contributed by atoms with Crippen LogP contribution in [0.25, 0.3) is 0 Å². The molecule has 0 spiro atoms. The Balaban J connectivity index is 1.75. The maximum absolute atomic E-state index is 6.44. The topological polar surface area (TPSA) is 26.0 Å². The number of nitrogens with two attached hydrogens (primary N) is 1. The summed E-state index contributed by atoms with van der Waals surface area (Å²) in [6.07, 6.45) is 7.53. The molecule has 0 bridgehead atoms. The Morgan fingerprint density at radius 1 is 1.15 bits per heavy atom. The van der Waals surface area contributed by atoms with Crippen LogP contribution in [0, 0.1) is 6.92 Å². The zero-order valence-electron chi connectivity index (χ0n) is 12.2. The molecule has 3 rings (SSSR count). The first-order valence-corrected chi connectivity index (χ1v) is 8.46. The zero-order chi connectivity index (χ0) is 13.9.